The molecule has 0 aliphatic carbocycles. The monoisotopic (exact) mass is 510 g/mol. The number of alkyl halides is 6. The summed E-state index contributed by atoms with van der Waals surface area (Å²) in [5.74, 6) is -4.10. The zero-order valence-electron chi connectivity index (χ0n) is 16.8. The quantitative estimate of drug-likeness (QED) is 0.126. The number of hydrogen-bond donors (Lipinski definition) is 5. The van der Waals surface area contributed by atoms with E-state index in [-0.39, 0.29) is 36.8 Å². The molecule has 0 saturated carbocycles. The van der Waals surface area contributed by atoms with Crippen molar-refractivity contribution in [3.05, 3.63) is 35.7 Å². The van der Waals surface area contributed by atoms with Crippen LogP contribution in [0.2, 0.25) is 0 Å². The number of rotatable bonds is 6. The van der Waals surface area contributed by atoms with Crippen LogP contribution in [0, 0.1) is 5.41 Å². The largest absolute Gasteiger partial charge is 0.501 e. The van der Waals surface area contributed by atoms with Crippen LogP contribution in [0.15, 0.2) is 24.5 Å². The Morgan fingerprint density at radius 1 is 1.09 bits per heavy atom. The Labute approximate surface area is 189 Å². The molecule has 0 radical (unpaired) electrons. The van der Waals surface area contributed by atoms with E-state index in [4.69, 9.17) is 22.6 Å². The molecule has 0 bridgehead atoms. The van der Waals surface area contributed by atoms with Gasteiger partial charge in [-0.1, -0.05) is 0 Å². The highest BCUT2D eigenvalue weighted by molar-refractivity contribution is 5.97. The van der Waals surface area contributed by atoms with Gasteiger partial charge in [0.15, 0.2) is 0 Å². The molecule has 188 valence electrons. The highest BCUT2D eigenvalue weighted by Crippen LogP contribution is 2.28. The molecule has 1 aromatic rings. The number of anilines is 1. The van der Waals surface area contributed by atoms with E-state index < -0.39 is 41.5 Å². The highest BCUT2D eigenvalue weighted by atomic mass is 35.5. The van der Waals surface area contributed by atoms with Gasteiger partial charge < -0.3 is 27.7 Å². The van der Waals surface area contributed by atoms with E-state index in [1.54, 1.807) is 6.92 Å². The zero-order chi connectivity index (χ0) is 25.7. The van der Waals surface area contributed by atoms with Gasteiger partial charge in [0.2, 0.25) is 5.91 Å². The fraction of sp³-hybridized carbons (Fsp3) is 0.312. The van der Waals surface area contributed by atoms with Crippen LogP contribution in [0.1, 0.15) is 29.4 Å². The molecule has 0 aliphatic heterocycles. The second kappa shape index (κ2) is 15.3. The number of amidine groups is 1. The maximum atomic E-state index is 12.1. The molecule has 1 rings (SSSR count). The van der Waals surface area contributed by atoms with Crippen molar-refractivity contribution in [1.29, 1.82) is 5.41 Å². The third-order valence-corrected chi connectivity index (χ3v) is 2.61. The fourth-order valence-corrected chi connectivity index (χ4v) is 1.33. The summed E-state index contributed by atoms with van der Waals surface area (Å²) < 4.78 is 74.9. The van der Waals surface area contributed by atoms with Gasteiger partial charge in [-0.05, 0) is 19.1 Å². The van der Waals surface area contributed by atoms with Gasteiger partial charge in [-0.15, -0.1) is 12.4 Å². The normalized spacial score (nSPS) is 10.5. The Bertz CT molecular complexity index is 834. The summed E-state index contributed by atoms with van der Waals surface area (Å²) in [5, 5.41) is 6.50. The Balaban J connectivity index is -0.000000427. The van der Waals surface area contributed by atoms with Crippen LogP contribution in [0.3, 0.4) is 0 Å². The van der Waals surface area contributed by atoms with Crippen molar-refractivity contribution >= 4 is 41.7 Å². The number of ether oxygens (including phenoxy) is 1. The van der Waals surface area contributed by atoms with Crippen molar-refractivity contribution in [3.8, 4) is 0 Å². The van der Waals surface area contributed by atoms with Crippen molar-refractivity contribution in [2.24, 2.45) is 17.2 Å². The number of nitrogen functional groups attached to an aromatic ring is 1. The summed E-state index contributed by atoms with van der Waals surface area (Å²) in [7, 11) is 0. The molecule has 0 unspecified atom stereocenters. The number of allylic oxidation sites excluding steroid dienone is 1. The first-order valence-corrected chi connectivity index (χ1v) is 8.07. The van der Waals surface area contributed by atoms with Crippen LogP contribution in [0.4, 0.5) is 32.2 Å². The number of nitrogens with zero attached hydrogens (tertiary/aromatic N) is 1. The van der Waals surface area contributed by atoms with Gasteiger partial charge in [-0.25, -0.2) is 4.98 Å². The minimum absolute atomic E-state index is 0. The number of primary amides is 2. The highest BCUT2D eigenvalue weighted by Gasteiger charge is 2.36. The van der Waals surface area contributed by atoms with Crippen LogP contribution in [-0.2, 0) is 20.5 Å². The second-order valence-corrected chi connectivity index (χ2v) is 5.28. The first kappa shape index (κ1) is 34.1. The molecule has 0 aromatic carbocycles. The van der Waals surface area contributed by atoms with Crippen LogP contribution in [-0.4, -0.2) is 41.2 Å². The maximum absolute atomic E-state index is 12.1. The Morgan fingerprint density at radius 3 is 1.88 bits per heavy atom. The number of carbonyl (C=O) groups excluding carboxylic acids is 3. The first-order chi connectivity index (χ1) is 14.4. The van der Waals surface area contributed by atoms with Gasteiger partial charge in [-0.2, -0.15) is 26.3 Å². The zero-order valence-corrected chi connectivity index (χ0v) is 17.6. The SMILES string of the molecule is CCO/C=C/C(=O)C(F)(F)F.Cl.N=C(N)CC(N)=O.NC(=O)c1ccc(C(F)(F)F)nc1N. The lowest BCUT2D eigenvalue weighted by Crippen LogP contribution is -2.20. The van der Waals surface area contributed by atoms with Crippen molar-refractivity contribution in [1.82, 2.24) is 4.98 Å². The van der Waals surface area contributed by atoms with Crippen LogP contribution >= 0.6 is 12.4 Å². The molecule has 9 N–H and O–H groups in total. The molecule has 1 heterocycles. The van der Waals surface area contributed by atoms with Crippen LogP contribution in [0.25, 0.3) is 0 Å². The molecule has 10 nitrogen and oxygen atoms in total. The van der Waals surface area contributed by atoms with E-state index in [2.05, 4.69) is 15.5 Å². The van der Waals surface area contributed by atoms with Gasteiger partial charge in [0, 0.05) is 6.08 Å². The summed E-state index contributed by atoms with van der Waals surface area (Å²) in [4.78, 5) is 33.5. The number of amides is 2. The third-order valence-electron chi connectivity index (χ3n) is 2.61. The lowest BCUT2D eigenvalue weighted by molar-refractivity contribution is -0.165. The van der Waals surface area contributed by atoms with Gasteiger partial charge in [-0.3, -0.25) is 19.8 Å². The molecule has 0 fully saturated rings. The predicted octanol–water partition coefficient (Wildman–Crippen LogP) is 1.67. The molecular weight excluding hydrogens is 490 g/mol. The fourth-order valence-electron chi connectivity index (χ4n) is 1.33. The Kier molecular flexibility index (Phi) is 15.8. The molecular formula is C16H21ClF6N6O4. The van der Waals surface area contributed by atoms with Crippen LogP contribution in [0.5, 0.6) is 0 Å². The molecule has 2 amide bonds. The van der Waals surface area contributed by atoms with E-state index in [0.717, 1.165) is 12.3 Å². The van der Waals surface area contributed by atoms with Crippen molar-refractivity contribution < 1.29 is 45.5 Å². The number of halogens is 7. The predicted molar refractivity (Wildman–Crippen MR) is 107 cm³/mol. The van der Waals surface area contributed by atoms with Gasteiger partial charge >= 0.3 is 12.4 Å². The number of pyridine rings is 1. The summed E-state index contributed by atoms with van der Waals surface area (Å²) in [6.45, 7) is 1.84. The third kappa shape index (κ3) is 16.8. The Hall–Kier alpha value is -3.56. The van der Waals surface area contributed by atoms with E-state index in [1.807, 2.05) is 0 Å². The van der Waals surface area contributed by atoms with Crippen molar-refractivity contribution in [2.75, 3.05) is 12.3 Å². The minimum Gasteiger partial charge on any atom is -0.501 e. The summed E-state index contributed by atoms with van der Waals surface area (Å²) in [6, 6.07) is 1.55. The number of carbonyl (C=O) groups is 3. The molecule has 17 heteroatoms. The van der Waals surface area contributed by atoms with E-state index in [1.165, 1.54) is 0 Å². The molecule has 33 heavy (non-hydrogen) atoms. The van der Waals surface area contributed by atoms with Crippen molar-refractivity contribution in [3.63, 3.8) is 0 Å². The molecule has 0 saturated heterocycles. The van der Waals surface area contributed by atoms with Gasteiger partial charge in [0.1, 0.15) is 11.5 Å². The number of nitrogens with one attached hydrogen (secondary N) is 1. The number of nitrogens with two attached hydrogens (primary N) is 4. The molecule has 0 aliphatic rings. The summed E-state index contributed by atoms with van der Waals surface area (Å²) in [5.41, 5.74) is 18.0. The smallest absolute Gasteiger partial charge is 0.454 e. The van der Waals surface area contributed by atoms with E-state index >= 15 is 0 Å². The number of aromatic nitrogens is 1. The maximum Gasteiger partial charge on any atom is 0.454 e. The van der Waals surface area contributed by atoms with Gasteiger partial charge in [0.25, 0.3) is 11.7 Å². The molecule has 0 atom stereocenters. The lowest BCUT2D eigenvalue weighted by atomic mass is 10.2. The molecule has 0 spiro atoms. The summed E-state index contributed by atoms with van der Waals surface area (Å²) in [6.07, 6.45) is -8.43. The summed E-state index contributed by atoms with van der Waals surface area (Å²) >= 11 is 0. The standard InChI is InChI=1S/C7H6F3N3O.C6H7F3O2.C3H7N3O.ClH/c8-7(9,10)4-2-1-3(6(12)14)5(11)13-4;1-2-11-4-3-5(10)6(7,8)9;4-2(5)1-3(6)7;/h1-2H,(H2,11,13)(H2,12,14);3-4H,2H2,1H3;1H2,(H3,4,5)(H2,6,7);1H/b;4-3+;;. The average molecular weight is 511 g/mol. The first-order valence-electron chi connectivity index (χ1n) is 8.07. The van der Waals surface area contributed by atoms with Gasteiger partial charge in [0.05, 0.1) is 30.7 Å². The van der Waals surface area contributed by atoms with Crippen molar-refractivity contribution in [2.45, 2.75) is 25.7 Å². The van der Waals surface area contributed by atoms with E-state index in [0.29, 0.717) is 12.1 Å². The average Bonchev–Trinajstić information content (AvgIpc) is 2.59. The Morgan fingerprint density at radius 2 is 1.61 bits per heavy atom. The number of hydrogen-bond acceptors (Lipinski definition) is 7. The second-order valence-electron chi connectivity index (χ2n) is 5.28. The van der Waals surface area contributed by atoms with Crippen LogP contribution < -0.4 is 22.9 Å². The minimum atomic E-state index is -4.80. The number of ketones is 1. The lowest BCUT2D eigenvalue weighted by Gasteiger charge is -2.07. The van der Waals surface area contributed by atoms with E-state index in [9.17, 15) is 40.7 Å². The topological polar surface area (TPSA) is 201 Å². The molecule has 1 aromatic heterocycles.